The molecule has 0 amide bonds. The quantitative estimate of drug-likeness (QED) is 0.291. The Hall–Kier alpha value is -4.25. The Balaban J connectivity index is 1.76. The van der Waals surface area contributed by atoms with Crippen LogP contribution in [0.15, 0.2) is 61.7 Å². The standard InChI is InChI=1S/C27H25F2N5O/c1-5-13-34(4)26-21-11-10-20(19-9-7-17(28)15-22(19)29)25(21)32-27(33-26)31-18-8-12-23(30-3)24(16-18)35-14-6-2/h5-9,12,15-16,20H,1-2,10-11,13-14H2,4H3,(H,31,32,33). The van der Waals surface area contributed by atoms with Crippen LogP contribution in [0, 0.1) is 18.2 Å². The monoisotopic (exact) mass is 473 g/mol. The third-order valence-electron chi connectivity index (χ3n) is 5.83. The SMILES string of the molecule is [C-]#[N+]c1ccc(Nc2nc3c(c(N(C)CC=C)n2)CCC3c2ccc(F)cc2F)cc1OCC=C. The van der Waals surface area contributed by atoms with E-state index >= 15 is 0 Å². The highest BCUT2D eigenvalue weighted by Crippen LogP contribution is 2.42. The third kappa shape index (κ3) is 4.99. The molecule has 4 rings (SSSR count). The van der Waals surface area contributed by atoms with Crippen molar-refractivity contribution >= 4 is 23.1 Å². The molecule has 1 aliphatic rings. The molecule has 1 aromatic heterocycles. The fourth-order valence-corrected chi connectivity index (χ4v) is 4.26. The highest BCUT2D eigenvalue weighted by molar-refractivity contribution is 5.68. The van der Waals surface area contributed by atoms with Crippen LogP contribution in [0.3, 0.4) is 0 Å². The first-order valence-corrected chi connectivity index (χ1v) is 11.1. The van der Waals surface area contributed by atoms with Gasteiger partial charge < -0.3 is 15.0 Å². The number of halogens is 2. The molecule has 178 valence electrons. The van der Waals surface area contributed by atoms with Crippen LogP contribution in [0.5, 0.6) is 5.75 Å². The lowest BCUT2D eigenvalue weighted by molar-refractivity contribution is 0.366. The number of benzene rings is 2. The van der Waals surface area contributed by atoms with Crippen molar-refractivity contribution in [2.75, 3.05) is 30.4 Å². The van der Waals surface area contributed by atoms with E-state index in [0.29, 0.717) is 53.7 Å². The molecule has 6 nitrogen and oxygen atoms in total. The lowest BCUT2D eigenvalue weighted by Gasteiger charge is -2.21. The first-order valence-electron chi connectivity index (χ1n) is 11.1. The minimum atomic E-state index is -0.613. The average Bonchev–Trinajstić information content (AvgIpc) is 3.26. The van der Waals surface area contributed by atoms with Crippen molar-refractivity contribution < 1.29 is 13.5 Å². The molecule has 35 heavy (non-hydrogen) atoms. The Bertz CT molecular complexity index is 1320. The number of fused-ring (bicyclic) bond motifs is 1. The number of rotatable bonds is 9. The van der Waals surface area contributed by atoms with Crippen LogP contribution in [0.2, 0.25) is 0 Å². The van der Waals surface area contributed by atoms with Crippen molar-refractivity contribution in [3.05, 3.63) is 102 Å². The van der Waals surface area contributed by atoms with E-state index in [4.69, 9.17) is 21.3 Å². The lowest BCUT2D eigenvalue weighted by atomic mass is 9.96. The number of nitrogens with one attached hydrogen (secondary N) is 1. The fourth-order valence-electron chi connectivity index (χ4n) is 4.26. The molecule has 1 atom stereocenters. The summed E-state index contributed by atoms with van der Waals surface area (Å²) in [4.78, 5) is 14.9. The van der Waals surface area contributed by atoms with Gasteiger partial charge in [-0.2, -0.15) is 4.98 Å². The van der Waals surface area contributed by atoms with Gasteiger partial charge in [0.1, 0.15) is 29.8 Å². The van der Waals surface area contributed by atoms with E-state index in [1.165, 1.54) is 12.1 Å². The summed E-state index contributed by atoms with van der Waals surface area (Å²) in [5, 5.41) is 3.20. The highest BCUT2D eigenvalue weighted by Gasteiger charge is 2.32. The van der Waals surface area contributed by atoms with Gasteiger partial charge in [-0.15, -0.1) is 6.58 Å². The first-order chi connectivity index (χ1) is 16.9. The van der Waals surface area contributed by atoms with E-state index in [2.05, 4.69) is 23.3 Å². The summed E-state index contributed by atoms with van der Waals surface area (Å²) in [6.45, 7) is 15.6. The largest absolute Gasteiger partial charge is 0.500 e. The van der Waals surface area contributed by atoms with Gasteiger partial charge in [-0.3, -0.25) is 0 Å². The van der Waals surface area contributed by atoms with Gasteiger partial charge >= 0.3 is 0 Å². The summed E-state index contributed by atoms with van der Waals surface area (Å²) in [6, 6.07) is 8.77. The number of nitrogens with zero attached hydrogens (tertiary/aromatic N) is 4. The van der Waals surface area contributed by atoms with Crippen molar-refractivity contribution in [2.45, 2.75) is 18.8 Å². The maximum Gasteiger partial charge on any atom is 0.229 e. The fraction of sp³-hybridized carbons (Fsp3) is 0.222. The van der Waals surface area contributed by atoms with Gasteiger partial charge in [0.2, 0.25) is 11.6 Å². The minimum absolute atomic E-state index is 0.267. The zero-order valence-electron chi connectivity index (χ0n) is 19.4. The zero-order valence-corrected chi connectivity index (χ0v) is 19.4. The van der Waals surface area contributed by atoms with Crippen LogP contribution in [0.1, 0.15) is 29.2 Å². The van der Waals surface area contributed by atoms with Crippen molar-refractivity contribution in [1.82, 2.24) is 9.97 Å². The van der Waals surface area contributed by atoms with Crippen molar-refractivity contribution in [1.29, 1.82) is 0 Å². The molecule has 0 radical (unpaired) electrons. The Labute approximate surface area is 203 Å². The Morgan fingerprint density at radius 3 is 2.74 bits per heavy atom. The Morgan fingerprint density at radius 1 is 1.20 bits per heavy atom. The number of likely N-dealkylation sites (N-methyl/N-ethyl adjacent to an activating group) is 1. The number of anilines is 3. The molecule has 1 N–H and O–H groups in total. The van der Waals surface area contributed by atoms with Gasteiger partial charge in [0.25, 0.3) is 0 Å². The van der Waals surface area contributed by atoms with E-state index < -0.39 is 11.6 Å². The van der Waals surface area contributed by atoms with E-state index in [-0.39, 0.29) is 12.5 Å². The van der Waals surface area contributed by atoms with Crippen LogP contribution in [-0.4, -0.2) is 30.2 Å². The third-order valence-corrected chi connectivity index (χ3v) is 5.83. The molecule has 0 spiro atoms. The smallest absolute Gasteiger partial charge is 0.229 e. The van der Waals surface area contributed by atoms with Gasteiger partial charge in [0.05, 0.1) is 12.3 Å². The van der Waals surface area contributed by atoms with Gasteiger partial charge in [0.15, 0.2) is 0 Å². The zero-order chi connectivity index (χ0) is 24.9. The van der Waals surface area contributed by atoms with E-state index in [9.17, 15) is 8.78 Å². The molecule has 0 fully saturated rings. The topological polar surface area (TPSA) is 54.6 Å². The van der Waals surface area contributed by atoms with Gasteiger partial charge in [-0.1, -0.05) is 30.9 Å². The summed E-state index contributed by atoms with van der Waals surface area (Å²) in [5.41, 5.74) is 3.07. The number of ether oxygens (including phenoxy) is 1. The molecule has 1 aliphatic carbocycles. The predicted octanol–water partition coefficient (Wildman–Crippen LogP) is 6.31. The highest BCUT2D eigenvalue weighted by atomic mass is 19.1. The Kier molecular flexibility index (Phi) is 7.06. The summed E-state index contributed by atoms with van der Waals surface area (Å²) >= 11 is 0. The molecular formula is C27H25F2N5O. The predicted molar refractivity (Wildman–Crippen MR) is 134 cm³/mol. The second-order valence-corrected chi connectivity index (χ2v) is 8.18. The number of hydrogen-bond acceptors (Lipinski definition) is 5. The molecule has 1 heterocycles. The van der Waals surface area contributed by atoms with Crippen LogP contribution < -0.4 is 15.0 Å². The molecule has 0 saturated carbocycles. The van der Waals surface area contributed by atoms with E-state index in [1.807, 2.05) is 11.9 Å². The molecule has 8 heteroatoms. The summed E-state index contributed by atoms with van der Waals surface area (Å²) in [5.74, 6) is -0.0473. The molecule has 1 unspecified atom stereocenters. The van der Waals surface area contributed by atoms with E-state index in [0.717, 1.165) is 17.4 Å². The van der Waals surface area contributed by atoms with Crippen LogP contribution >= 0.6 is 0 Å². The van der Waals surface area contributed by atoms with Crippen LogP contribution in [0.4, 0.5) is 31.9 Å². The first kappa shape index (κ1) is 23.9. The maximum atomic E-state index is 14.7. The van der Waals surface area contributed by atoms with Crippen molar-refractivity contribution in [2.24, 2.45) is 0 Å². The second kappa shape index (κ2) is 10.3. The van der Waals surface area contributed by atoms with Crippen molar-refractivity contribution in [3.63, 3.8) is 0 Å². The number of hydrogen-bond donors (Lipinski definition) is 1. The van der Waals surface area contributed by atoms with Crippen molar-refractivity contribution in [3.8, 4) is 5.75 Å². The van der Waals surface area contributed by atoms with Gasteiger partial charge in [-0.05, 0) is 36.6 Å². The second-order valence-electron chi connectivity index (χ2n) is 8.18. The minimum Gasteiger partial charge on any atom is -0.500 e. The molecule has 2 aromatic carbocycles. The maximum absolute atomic E-state index is 14.7. The van der Waals surface area contributed by atoms with E-state index in [1.54, 1.807) is 30.4 Å². The molecule has 0 bridgehead atoms. The van der Waals surface area contributed by atoms with Crippen LogP contribution in [0.25, 0.3) is 4.85 Å². The average molecular weight is 474 g/mol. The summed E-state index contributed by atoms with van der Waals surface area (Å²) < 4.78 is 33.8. The summed E-state index contributed by atoms with van der Waals surface area (Å²) in [7, 11) is 1.91. The number of aromatic nitrogens is 2. The molecule has 0 aliphatic heterocycles. The Morgan fingerprint density at radius 2 is 2.03 bits per heavy atom. The normalized spacial score (nSPS) is 14.1. The summed E-state index contributed by atoms with van der Waals surface area (Å²) in [6.07, 6.45) is 4.70. The lowest BCUT2D eigenvalue weighted by Crippen LogP contribution is -2.21. The van der Waals surface area contributed by atoms with Gasteiger partial charge in [-0.25, -0.2) is 18.6 Å². The molecule has 0 saturated heterocycles. The van der Waals surface area contributed by atoms with Crippen LogP contribution in [-0.2, 0) is 6.42 Å². The molecular weight excluding hydrogens is 448 g/mol. The van der Waals surface area contributed by atoms with Gasteiger partial charge in [0, 0.05) is 36.8 Å². The molecule has 3 aromatic rings.